The summed E-state index contributed by atoms with van der Waals surface area (Å²) in [6.45, 7) is 0. The van der Waals surface area contributed by atoms with E-state index in [9.17, 15) is 8.76 Å². The molecule has 1 aromatic heterocycles. The van der Waals surface area contributed by atoms with Gasteiger partial charge in [0.05, 0.1) is 4.99 Å². The van der Waals surface area contributed by atoms with E-state index in [4.69, 9.17) is 5.73 Å². The molecular weight excluding hydrogens is 214 g/mol. The van der Waals surface area contributed by atoms with Crippen LogP contribution in [0.1, 0.15) is 10.1 Å². The van der Waals surface area contributed by atoms with E-state index in [0.29, 0.717) is 4.88 Å². The molecule has 66 valence electrons. The minimum Gasteiger partial charge on any atom is -0.772 e. The summed E-state index contributed by atoms with van der Waals surface area (Å²) in [5, 5.41) is 0.952. The van der Waals surface area contributed by atoms with Crippen LogP contribution in [0.4, 0.5) is 0 Å². The van der Waals surface area contributed by atoms with Crippen LogP contribution >= 0.6 is 23.6 Å². The molecule has 3 nitrogen and oxygen atoms in total. The van der Waals surface area contributed by atoms with Crippen molar-refractivity contribution in [2.75, 3.05) is 0 Å². The van der Waals surface area contributed by atoms with Crippen LogP contribution in [0.5, 0.6) is 0 Å². The third-order valence-electron chi connectivity index (χ3n) is 1.25. The molecule has 12 heavy (non-hydrogen) atoms. The molecule has 6 heteroatoms. The Balaban J connectivity index is 2.96. The molecule has 0 fully saturated rings. The van der Waals surface area contributed by atoms with Gasteiger partial charge in [0.1, 0.15) is 5.25 Å². The summed E-state index contributed by atoms with van der Waals surface area (Å²) in [5.41, 5.74) is 5.27. The van der Waals surface area contributed by atoms with Crippen molar-refractivity contribution in [1.82, 2.24) is 0 Å². The molecule has 0 saturated heterocycles. The van der Waals surface area contributed by atoms with Crippen molar-refractivity contribution < 1.29 is 8.76 Å². The summed E-state index contributed by atoms with van der Waals surface area (Å²) in [7, 11) is 0. The van der Waals surface area contributed by atoms with Gasteiger partial charge in [0, 0.05) is 4.88 Å². The lowest BCUT2D eigenvalue weighted by Gasteiger charge is -2.16. The quantitative estimate of drug-likeness (QED) is 0.608. The van der Waals surface area contributed by atoms with E-state index in [1.54, 1.807) is 17.5 Å². The highest BCUT2D eigenvalue weighted by Crippen LogP contribution is 2.23. The molecule has 1 unspecified atom stereocenters. The SMILES string of the molecule is NC(=S)[C@@H](c1cccs1)S(=O)[O-]. The fourth-order valence-corrected chi connectivity index (χ4v) is 2.79. The van der Waals surface area contributed by atoms with E-state index in [2.05, 4.69) is 12.2 Å². The first-order chi connectivity index (χ1) is 5.63. The fourth-order valence-electron chi connectivity index (χ4n) is 0.770. The molecule has 0 aliphatic heterocycles. The Kier molecular flexibility index (Phi) is 3.33. The van der Waals surface area contributed by atoms with Gasteiger partial charge in [-0.05, 0) is 22.5 Å². The lowest BCUT2D eigenvalue weighted by atomic mass is 10.3. The zero-order chi connectivity index (χ0) is 9.14. The van der Waals surface area contributed by atoms with Crippen molar-refractivity contribution in [1.29, 1.82) is 0 Å². The van der Waals surface area contributed by atoms with Crippen molar-refractivity contribution in [2.24, 2.45) is 5.73 Å². The summed E-state index contributed by atoms with van der Waals surface area (Å²) >= 11 is 3.69. The Labute approximate surface area is 81.9 Å². The van der Waals surface area contributed by atoms with Crippen LogP contribution in [-0.2, 0) is 11.1 Å². The zero-order valence-corrected chi connectivity index (χ0v) is 8.38. The Morgan fingerprint density at radius 1 is 1.83 bits per heavy atom. The van der Waals surface area contributed by atoms with Crippen molar-refractivity contribution in [3.63, 3.8) is 0 Å². The lowest BCUT2D eigenvalue weighted by molar-refractivity contribution is 0.534. The highest BCUT2D eigenvalue weighted by atomic mass is 32.2. The fraction of sp³-hybridized carbons (Fsp3) is 0.167. The van der Waals surface area contributed by atoms with Gasteiger partial charge in [0.25, 0.3) is 0 Å². The van der Waals surface area contributed by atoms with E-state index >= 15 is 0 Å². The topological polar surface area (TPSA) is 66.2 Å². The number of thiocarbonyl (C=S) groups is 1. The van der Waals surface area contributed by atoms with Crippen molar-refractivity contribution in [3.8, 4) is 0 Å². The Hall–Kier alpha value is -0.300. The molecule has 2 atom stereocenters. The van der Waals surface area contributed by atoms with Crippen LogP contribution in [0.2, 0.25) is 0 Å². The largest absolute Gasteiger partial charge is 0.772 e. The van der Waals surface area contributed by atoms with Gasteiger partial charge in [0.15, 0.2) is 0 Å². The molecule has 1 heterocycles. The van der Waals surface area contributed by atoms with Crippen LogP contribution in [0.25, 0.3) is 0 Å². The first-order valence-electron chi connectivity index (χ1n) is 3.03. The van der Waals surface area contributed by atoms with Crippen molar-refractivity contribution >= 4 is 39.6 Å². The minimum absolute atomic E-state index is 0.00853. The molecule has 1 aromatic rings. The predicted octanol–water partition coefficient (Wildman–Crippen LogP) is 0.954. The van der Waals surface area contributed by atoms with Gasteiger partial charge in [-0.1, -0.05) is 18.3 Å². The number of rotatable bonds is 3. The second-order valence-corrected chi connectivity index (χ2v) is 4.50. The standard InChI is InChI=1S/C6H7NO2S3/c7-6(10)5(12(8)9)4-2-1-3-11-4/h1-3,5H,(H2,7,10)(H,8,9)/p-1/t5-/m1/s1. The van der Waals surface area contributed by atoms with Gasteiger partial charge in [-0.15, -0.1) is 11.3 Å². The summed E-state index contributed by atoms with van der Waals surface area (Å²) in [6, 6.07) is 3.46. The zero-order valence-electron chi connectivity index (χ0n) is 5.93. The highest BCUT2D eigenvalue weighted by molar-refractivity contribution is 7.85. The number of nitrogens with two attached hydrogens (primary N) is 1. The predicted molar refractivity (Wildman–Crippen MR) is 52.8 cm³/mol. The third kappa shape index (κ3) is 2.10. The minimum atomic E-state index is -2.27. The van der Waals surface area contributed by atoms with Gasteiger partial charge < -0.3 is 10.3 Å². The van der Waals surface area contributed by atoms with Gasteiger partial charge in [-0.2, -0.15) is 0 Å². The average Bonchev–Trinajstić information content (AvgIpc) is 2.37. The molecule has 2 N–H and O–H groups in total. The van der Waals surface area contributed by atoms with E-state index in [1.165, 1.54) is 11.3 Å². The second-order valence-electron chi connectivity index (χ2n) is 2.06. The summed E-state index contributed by atoms with van der Waals surface area (Å²) < 4.78 is 21.4. The normalized spacial score (nSPS) is 15.4. The maximum absolute atomic E-state index is 10.7. The van der Waals surface area contributed by atoms with Gasteiger partial charge in [-0.25, -0.2) is 0 Å². The third-order valence-corrected chi connectivity index (χ3v) is 3.62. The van der Waals surface area contributed by atoms with Crippen molar-refractivity contribution in [3.05, 3.63) is 22.4 Å². The molecule has 0 radical (unpaired) electrons. The highest BCUT2D eigenvalue weighted by Gasteiger charge is 2.15. The molecule has 0 saturated carbocycles. The van der Waals surface area contributed by atoms with E-state index in [1.807, 2.05) is 0 Å². The van der Waals surface area contributed by atoms with Crippen molar-refractivity contribution in [2.45, 2.75) is 5.25 Å². The van der Waals surface area contributed by atoms with E-state index < -0.39 is 16.3 Å². The first kappa shape index (κ1) is 9.79. The first-order valence-corrected chi connectivity index (χ1v) is 5.46. The van der Waals surface area contributed by atoms with Crippen LogP contribution in [0, 0.1) is 0 Å². The molecular formula is C6H6NO2S3-. The molecule has 0 aliphatic rings. The molecule has 0 aromatic carbocycles. The van der Waals surface area contributed by atoms with E-state index in [0.717, 1.165) is 0 Å². The van der Waals surface area contributed by atoms with Gasteiger partial charge in [0.2, 0.25) is 0 Å². The van der Waals surface area contributed by atoms with Crippen LogP contribution < -0.4 is 5.73 Å². The average molecular weight is 220 g/mol. The molecule has 1 rings (SSSR count). The molecule has 0 bridgehead atoms. The second kappa shape index (κ2) is 4.08. The number of hydrogen-bond donors (Lipinski definition) is 1. The molecule has 0 aliphatic carbocycles. The van der Waals surface area contributed by atoms with Crippen LogP contribution in [0.3, 0.4) is 0 Å². The monoisotopic (exact) mass is 220 g/mol. The Bertz CT molecular complexity index is 282. The lowest BCUT2D eigenvalue weighted by Crippen LogP contribution is -2.22. The van der Waals surface area contributed by atoms with Gasteiger partial charge >= 0.3 is 0 Å². The molecule has 0 amide bonds. The summed E-state index contributed by atoms with van der Waals surface area (Å²) in [5.74, 6) is 0. The maximum Gasteiger partial charge on any atom is 0.106 e. The maximum atomic E-state index is 10.7. The number of thiophene rings is 1. The van der Waals surface area contributed by atoms with Crippen LogP contribution in [0.15, 0.2) is 17.5 Å². The number of hydrogen-bond acceptors (Lipinski definition) is 4. The molecule has 0 spiro atoms. The van der Waals surface area contributed by atoms with E-state index in [-0.39, 0.29) is 4.99 Å². The Morgan fingerprint density at radius 3 is 2.83 bits per heavy atom. The van der Waals surface area contributed by atoms with Crippen LogP contribution in [-0.4, -0.2) is 13.8 Å². The summed E-state index contributed by atoms with van der Waals surface area (Å²) in [4.78, 5) is 0.654. The smallest absolute Gasteiger partial charge is 0.106 e. The van der Waals surface area contributed by atoms with Gasteiger partial charge in [-0.3, -0.25) is 4.21 Å². The summed E-state index contributed by atoms with van der Waals surface area (Å²) in [6.07, 6.45) is 0. The Morgan fingerprint density at radius 2 is 2.50 bits per heavy atom.